The Bertz CT molecular complexity index is 642. The van der Waals surface area contributed by atoms with Crippen LogP contribution >= 0.6 is 0 Å². The summed E-state index contributed by atoms with van der Waals surface area (Å²) in [7, 11) is -3.66. The van der Waals surface area contributed by atoms with E-state index in [1.54, 1.807) is 0 Å². The molecular weight excluding hydrogens is 281 g/mol. The summed E-state index contributed by atoms with van der Waals surface area (Å²) < 4.78 is 40.1. The third-order valence-electron chi connectivity index (χ3n) is 2.97. The van der Waals surface area contributed by atoms with Gasteiger partial charge in [-0.05, 0) is 37.0 Å². The predicted molar refractivity (Wildman–Crippen MR) is 72.9 cm³/mol. The van der Waals surface area contributed by atoms with Crippen LogP contribution in [0.25, 0.3) is 0 Å². The van der Waals surface area contributed by atoms with E-state index in [9.17, 15) is 12.8 Å². The van der Waals surface area contributed by atoms with E-state index in [2.05, 4.69) is 16.6 Å². The average molecular weight is 297 g/mol. The summed E-state index contributed by atoms with van der Waals surface area (Å²) in [4.78, 5) is -0.0941. The zero-order valence-electron chi connectivity index (χ0n) is 10.9. The van der Waals surface area contributed by atoms with Gasteiger partial charge in [0, 0.05) is 13.0 Å². The first-order chi connectivity index (χ1) is 9.53. The summed E-state index contributed by atoms with van der Waals surface area (Å²) in [5, 5.41) is 8.59. The Labute approximate surface area is 118 Å². The monoisotopic (exact) mass is 297 g/mol. The number of aliphatic hydroxyl groups is 1. The molecule has 0 spiro atoms. The molecule has 1 aliphatic rings. The van der Waals surface area contributed by atoms with Crippen molar-refractivity contribution in [2.24, 2.45) is 5.92 Å². The van der Waals surface area contributed by atoms with Crippen LogP contribution in [0.15, 0.2) is 23.1 Å². The summed E-state index contributed by atoms with van der Waals surface area (Å²) >= 11 is 0. The minimum Gasteiger partial charge on any atom is -0.395 e. The number of halogens is 1. The first-order valence-corrected chi connectivity index (χ1v) is 7.90. The lowest BCUT2D eigenvalue weighted by Crippen LogP contribution is -2.25. The van der Waals surface area contributed by atoms with Crippen LogP contribution in [-0.2, 0) is 10.0 Å². The molecular formula is C14H16FNO3S. The van der Waals surface area contributed by atoms with Crippen molar-refractivity contribution in [3.05, 3.63) is 29.6 Å². The van der Waals surface area contributed by atoms with Gasteiger partial charge in [-0.15, -0.1) is 0 Å². The summed E-state index contributed by atoms with van der Waals surface area (Å²) in [5.41, 5.74) is 0.125. The Kier molecular flexibility index (Phi) is 4.76. The Hall–Kier alpha value is -1.42. The van der Waals surface area contributed by atoms with Crippen molar-refractivity contribution in [3.8, 4) is 11.8 Å². The minimum atomic E-state index is -3.66. The van der Waals surface area contributed by atoms with Gasteiger partial charge in [0.2, 0.25) is 10.0 Å². The quantitative estimate of drug-likeness (QED) is 0.804. The molecule has 0 radical (unpaired) electrons. The van der Waals surface area contributed by atoms with E-state index in [4.69, 9.17) is 5.11 Å². The minimum absolute atomic E-state index is 0.0911. The number of hydrogen-bond donors (Lipinski definition) is 2. The Morgan fingerprint density at radius 2 is 2.15 bits per heavy atom. The van der Waals surface area contributed by atoms with Crippen molar-refractivity contribution >= 4 is 10.0 Å². The second kappa shape index (κ2) is 6.35. The molecule has 0 heterocycles. The van der Waals surface area contributed by atoms with Gasteiger partial charge in [0.25, 0.3) is 0 Å². The van der Waals surface area contributed by atoms with Crippen LogP contribution in [0, 0.1) is 23.6 Å². The normalized spacial score (nSPS) is 14.7. The van der Waals surface area contributed by atoms with E-state index >= 15 is 0 Å². The summed E-state index contributed by atoms with van der Waals surface area (Å²) in [5.74, 6) is 4.89. The number of nitrogens with one attached hydrogen (secondary N) is 1. The Morgan fingerprint density at radius 3 is 2.75 bits per heavy atom. The Balaban J connectivity index is 2.13. The zero-order valence-corrected chi connectivity index (χ0v) is 11.7. The fourth-order valence-electron chi connectivity index (χ4n) is 1.61. The van der Waals surface area contributed by atoms with Crippen LogP contribution in [0.2, 0.25) is 0 Å². The van der Waals surface area contributed by atoms with Crippen molar-refractivity contribution in [1.82, 2.24) is 4.72 Å². The van der Waals surface area contributed by atoms with E-state index in [0.717, 1.165) is 18.9 Å². The molecule has 1 saturated carbocycles. The van der Waals surface area contributed by atoms with Gasteiger partial charge in [-0.3, -0.25) is 0 Å². The van der Waals surface area contributed by atoms with Crippen LogP contribution in [0.4, 0.5) is 4.39 Å². The number of rotatable bonds is 5. The highest BCUT2D eigenvalue weighted by Crippen LogP contribution is 2.28. The number of sulfonamides is 1. The van der Waals surface area contributed by atoms with E-state index in [1.165, 1.54) is 12.1 Å². The topological polar surface area (TPSA) is 66.4 Å². The van der Waals surface area contributed by atoms with Crippen LogP contribution in [0.3, 0.4) is 0 Å². The third kappa shape index (κ3) is 4.04. The maximum Gasteiger partial charge on any atom is 0.240 e. The molecule has 1 aromatic rings. The molecule has 1 fully saturated rings. The number of benzene rings is 1. The van der Waals surface area contributed by atoms with Crippen LogP contribution in [-0.4, -0.2) is 26.7 Å². The molecule has 6 heteroatoms. The van der Waals surface area contributed by atoms with Gasteiger partial charge in [-0.2, -0.15) is 0 Å². The van der Waals surface area contributed by atoms with Crippen molar-refractivity contribution in [3.63, 3.8) is 0 Å². The maximum atomic E-state index is 13.8. The van der Waals surface area contributed by atoms with Crippen molar-refractivity contribution in [2.75, 3.05) is 13.2 Å². The first-order valence-electron chi connectivity index (χ1n) is 6.42. The molecule has 0 amide bonds. The lowest BCUT2D eigenvalue weighted by Gasteiger charge is -2.06. The lowest BCUT2D eigenvalue weighted by molar-refractivity contribution is 0.305. The van der Waals surface area contributed by atoms with Crippen LogP contribution < -0.4 is 4.72 Å². The van der Waals surface area contributed by atoms with Gasteiger partial charge in [0.1, 0.15) is 5.82 Å². The molecule has 0 bridgehead atoms. The van der Waals surface area contributed by atoms with Gasteiger partial charge in [0.05, 0.1) is 17.1 Å². The number of hydrogen-bond acceptors (Lipinski definition) is 3. The molecule has 0 saturated heterocycles. The summed E-state index contributed by atoms with van der Waals surface area (Å²) in [6.45, 7) is 0.314. The van der Waals surface area contributed by atoms with Gasteiger partial charge >= 0.3 is 0 Å². The molecule has 0 aromatic heterocycles. The first kappa shape index (κ1) is 15.0. The molecule has 2 N–H and O–H groups in total. The van der Waals surface area contributed by atoms with Gasteiger partial charge in [0.15, 0.2) is 0 Å². The standard InChI is InChI=1S/C14H16FNO3S/c15-14-9-13(7-6-12(14)3-1-2-8-17)20(18,19)16-10-11-4-5-11/h6-7,9,11,16-17H,2,4-5,8,10H2. The molecule has 1 aliphatic carbocycles. The molecule has 4 nitrogen and oxygen atoms in total. The second-order valence-corrected chi connectivity index (χ2v) is 6.48. The molecule has 1 aromatic carbocycles. The molecule has 0 atom stereocenters. The average Bonchev–Trinajstić information content (AvgIpc) is 3.22. The van der Waals surface area contributed by atoms with E-state index < -0.39 is 15.8 Å². The summed E-state index contributed by atoms with van der Waals surface area (Å²) in [6.07, 6.45) is 2.33. The van der Waals surface area contributed by atoms with E-state index in [-0.39, 0.29) is 23.5 Å². The highest BCUT2D eigenvalue weighted by atomic mass is 32.2. The fraction of sp³-hybridized carbons (Fsp3) is 0.429. The highest BCUT2D eigenvalue weighted by Gasteiger charge is 2.24. The van der Waals surface area contributed by atoms with Gasteiger partial charge in [-0.1, -0.05) is 11.8 Å². The molecule has 20 heavy (non-hydrogen) atoms. The van der Waals surface area contributed by atoms with Gasteiger partial charge in [-0.25, -0.2) is 17.5 Å². The van der Waals surface area contributed by atoms with Crippen LogP contribution in [0.1, 0.15) is 24.8 Å². The Morgan fingerprint density at radius 1 is 1.40 bits per heavy atom. The highest BCUT2D eigenvalue weighted by molar-refractivity contribution is 7.89. The zero-order chi connectivity index (χ0) is 14.6. The second-order valence-electron chi connectivity index (χ2n) is 4.71. The van der Waals surface area contributed by atoms with E-state index in [0.29, 0.717) is 12.5 Å². The maximum absolute atomic E-state index is 13.8. The van der Waals surface area contributed by atoms with Crippen molar-refractivity contribution in [1.29, 1.82) is 0 Å². The smallest absolute Gasteiger partial charge is 0.240 e. The largest absolute Gasteiger partial charge is 0.395 e. The van der Waals surface area contributed by atoms with Crippen molar-refractivity contribution in [2.45, 2.75) is 24.2 Å². The molecule has 108 valence electrons. The summed E-state index contributed by atoms with van der Waals surface area (Å²) in [6, 6.07) is 3.64. The van der Waals surface area contributed by atoms with Gasteiger partial charge < -0.3 is 5.11 Å². The predicted octanol–water partition coefficient (Wildman–Crippen LogP) is 1.25. The fourth-order valence-corrected chi connectivity index (χ4v) is 2.74. The SMILES string of the molecule is O=S(=O)(NCC1CC1)c1ccc(C#CCCO)c(F)c1. The molecule has 2 rings (SSSR count). The molecule has 0 aliphatic heterocycles. The lowest BCUT2D eigenvalue weighted by atomic mass is 10.2. The number of aliphatic hydroxyl groups excluding tert-OH is 1. The van der Waals surface area contributed by atoms with E-state index in [1.807, 2.05) is 0 Å². The molecule has 0 unspecified atom stereocenters. The van der Waals surface area contributed by atoms with Crippen molar-refractivity contribution < 1.29 is 17.9 Å². The van der Waals surface area contributed by atoms with Crippen LogP contribution in [0.5, 0.6) is 0 Å². The third-order valence-corrected chi connectivity index (χ3v) is 4.39.